The van der Waals surface area contributed by atoms with Crippen molar-refractivity contribution in [2.75, 3.05) is 6.61 Å². The number of benzene rings is 1. The number of rotatable bonds is 6. The number of carbonyl (C=O) groups is 2. The van der Waals surface area contributed by atoms with E-state index in [2.05, 4.69) is 5.32 Å². The average molecular weight is 316 g/mol. The third kappa shape index (κ3) is 5.29. The molecular weight excluding hydrogens is 296 g/mol. The number of ether oxygens (including phenoxy) is 2. The number of nitriles is 1. The highest BCUT2D eigenvalue weighted by atomic mass is 16.6. The van der Waals surface area contributed by atoms with Crippen LogP contribution in [-0.2, 0) is 14.3 Å². The summed E-state index contributed by atoms with van der Waals surface area (Å²) < 4.78 is 10.4. The highest BCUT2D eigenvalue weighted by Crippen LogP contribution is 2.17. The van der Waals surface area contributed by atoms with E-state index in [0.717, 1.165) is 25.7 Å². The van der Waals surface area contributed by atoms with Crippen molar-refractivity contribution in [3.8, 4) is 11.8 Å². The number of hydrogen-bond acceptors (Lipinski definition) is 5. The summed E-state index contributed by atoms with van der Waals surface area (Å²) in [5.41, 5.74) is 0.510. The topological polar surface area (TPSA) is 88.4 Å². The van der Waals surface area contributed by atoms with E-state index in [1.54, 1.807) is 31.2 Å². The number of esters is 1. The standard InChI is InChI=1S/C17H20N2O4/c1-12(23-15-8-6-13(10-18)7-9-15)17(21)22-11-16(20)19-14-4-2-3-5-14/h6-9,12,14H,2-5,11H2,1H3,(H,19,20)/t12-/m0/s1. The SMILES string of the molecule is C[C@H](Oc1ccc(C#N)cc1)C(=O)OCC(=O)NC1CCCC1. The molecule has 0 saturated heterocycles. The molecule has 1 amide bonds. The Kier molecular flexibility index (Phi) is 5.98. The molecule has 1 fully saturated rings. The lowest BCUT2D eigenvalue weighted by Crippen LogP contribution is -2.37. The lowest BCUT2D eigenvalue weighted by atomic mass is 10.2. The number of hydrogen-bond donors (Lipinski definition) is 1. The van der Waals surface area contributed by atoms with Crippen molar-refractivity contribution < 1.29 is 19.1 Å². The molecule has 6 nitrogen and oxygen atoms in total. The first-order valence-electron chi connectivity index (χ1n) is 7.71. The molecule has 0 aromatic heterocycles. The van der Waals surface area contributed by atoms with Crippen LogP contribution >= 0.6 is 0 Å². The molecular formula is C17H20N2O4. The van der Waals surface area contributed by atoms with Gasteiger partial charge in [-0.05, 0) is 44.0 Å². The maximum absolute atomic E-state index is 11.8. The van der Waals surface area contributed by atoms with Gasteiger partial charge in [0.05, 0.1) is 11.6 Å². The molecule has 122 valence electrons. The lowest BCUT2D eigenvalue weighted by Gasteiger charge is -2.15. The van der Waals surface area contributed by atoms with Gasteiger partial charge in [-0.25, -0.2) is 4.79 Å². The first-order chi connectivity index (χ1) is 11.1. The third-order valence-corrected chi connectivity index (χ3v) is 3.69. The molecule has 1 aromatic carbocycles. The maximum Gasteiger partial charge on any atom is 0.347 e. The first-order valence-corrected chi connectivity index (χ1v) is 7.71. The quantitative estimate of drug-likeness (QED) is 0.810. The van der Waals surface area contributed by atoms with E-state index in [9.17, 15) is 9.59 Å². The van der Waals surface area contributed by atoms with Crippen LogP contribution in [0.15, 0.2) is 24.3 Å². The summed E-state index contributed by atoms with van der Waals surface area (Å²) in [6.07, 6.45) is 3.39. The number of nitrogens with one attached hydrogen (secondary N) is 1. The predicted molar refractivity (Wildman–Crippen MR) is 82.6 cm³/mol. The normalized spacial score (nSPS) is 15.5. The van der Waals surface area contributed by atoms with Crippen molar-refractivity contribution in [3.05, 3.63) is 29.8 Å². The molecule has 1 aromatic rings. The Morgan fingerprint density at radius 3 is 2.57 bits per heavy atom. The molecule has 23 heavy (non-hydrogen) atoms. The molecule has 0 spiro atoms. The molecule has 0 heterocycles. The Morgan fingerprint density at radius 1 is 1.30 bits per heavy atom. The molecule has 0 unspecified atom stereocenters. The van der Waals surface area contributed by atoms with Gasteiger partial charge in [0, 0.05) is 6.04 Å². The Labute approximate surface area is 135 Å². The Bertz CT molecular complexity index is 586. The van der Waals surface area contributed by atoms with Crippen LogP contribution in [-0.4, -0.2) is 30.6 Å². The molecule has 0 radical (unpaired) electrons. The molecule has 1 N–H and O–H groups in total. The predicted octanol–water partition coefficient (Wildman–Crippen LogP) is 1.93. The highest BCUT2D eigenvalue weighted by molar-refractivity contribution is 5.82. The van der Waals surface area contributed by atoms with Gasteiger partial charge < -0.3 is 14.8 Å². The third-order valence-electron chi connectivity index (χ3n) is 3.69. The summed E-state index contributed by atoms with van der Waals surface area (Å²) in [6, 6.07) is 8.62. The van der Waals surface area contributed by atoms with Gasteiger partial charge in [0.15, 0.2) is 12.7 Å². The monoisotopic (exact) mass is 316 g/mol. The van der Waals surface area contributed by atoms with Crippen LogP contribution < -0.4 is 10.1 Å². The van der Waals surface area contributed by atoms with Crippen molar-refractivity contribution in [1.82, 2.24) is 5.32 Å². The Balaban J connectivity index is 1.73. The molecule has 0 aliphatic heterocycles. The van der Waals surface area contributed by atoms with E-state index in [1.165, 1.54) is 0 Å². The zero-order valence-electron chi connectivity index (χ0n) is 13.1. The van der Waals surface area contributed by atoms with Crippen LogP contribution in [0.1, 0.15) is 38.2 Å². The Morgan fingerprint density at radius 2 is 1.96 bits per heavy atom. The lowest BCUT2D eigenvalue weighted by molar-refractivity contribution is -0.154. The van der Waals surface area contributed by atoms with E-state index in [4.69, 9.17) is 14.7 Å². The van der Waals surface area contributed by atoms with E-state index >= 15 is 0 Å². The summed E-state index contributed by atoms with van der Waals surface area (Å²) in [7, 11) is 0. The smallest absolute Gasteiger partial charge is 0.347 e. The van der Waals surface area contributed by atoms with Gasteiger partial charge in [0.1, 0.15) is 5.75 Å². The highest BCUT2D eigenvalue weighted by Gasteiger charge is 2.20. The zero-order valence-corrected chi connectivity index (χ0v) is 13.1. The summed E-state index contributed by atoms with van der Waals surface area (Å²) in [4.78, 5) is 23.5. The molecule has 2 rings (SSSR count). The fourth-order valence-electron chi connectivity index (χ4n) is 2.45. The van der Waals surface area contributed by atoms with Gasteiger partial charge in [-0.2, -0.15) is 5.26 Å². The van der Waals surface area contributed by atoms with Crippen molar-refractivity contribution in [2.45, 2.75) is 44.8 Å². The van der Waals surface area contributed by atoms with Crippen LogP contribution in [0.4, 0.5) is 0 Å². The van der Waals surface area contributed by atoms with Gasteiger partial charge in [0.25, 0.3) is 5.91 Å². The molecule has 1 aliphatic carbocycles. The minimum absolute atomic E-state index is 0.202. The van der Waals surface area contributed by atoms with Gasteiger partial charge in [-0.15, -0.1) is 0 Å². The molecule has 6 heteroatoms. The van der Waals surface area contributed by atoms with Crippen molar-refractivity contribution >= 4 is 11.9 Å². The van der Waals surface area contributed by atoms with Crippen LogP contribution in [0.2, 0.25) is 0 Å². The summed E-state index contributed by atoms with van der Waals surface area (Å²) >= 11 is 0. The average Bonchev–Trinajstić information content (AvgIpc) is 3.06. The summed E-state index contributed by atoms with van der Waals surface area (Å²) in [6.45, 7) is 1.26. The van der Waals surface area contributed by atoms with Gasteiger partial charge in [-0.3, -0.25) is 4.79 Å². The largest absolute Gasteiger partial charge is 0.479 e. The number of nitrogens with zero attached hydrogens (tertiary/aromatic N) is 1. The minimum atomic E-state index is -0.831. The van der Waals surface area contributed by atoms with E-state index in [0.29, 0.717) is 11.3 Å². The van der Waals surface area contributed by atoms with Crippen LogP contribution in [0.3, 0.4) is 0 Å². The van der Waals surface area contributed by atoms with Crippen molar-refractivity contribution in [1.29, 1.82) is 5.26 Å². The van der Waals surface area contributed by atoms with Crippen LogP contribution in [0.25, 0.3) is 0 Å². The first kappa shape index (κ1) is 16.8. The van der Waals surface area contributed by atoms with E-state index < -0.39 is 12.1 Å². The van der Waals surface area contributed by atoms with E-state index in [1.807, 2.05) is 6.07 Å². The molecule has 1 saturated carbocycles. The number of carbonyl (C=O) groups excluding carboxylic acids is 2. The van der Waals surface area contributed by atoms with Gasteiger partial charge in [0.2, 0.25) is 0 Å². The van der Waals surface area contributed by atoms with Gasteiger partial charge in [-0.1, -0.05) is 12.8 Å². The maximum atomic E-state index is 11.8. The second-order valence-electron chi connectivity index (χ2n) is 5.55. The van der Waals surface area contributed by atoms with Crippen molar-refractivity contribution in [2.24, 2.45) is 0 Å². The minimum Gasteiger partial charge on any atom is -0.479 e. The van der Waals surface area contributed by atoms with Crippen LogP contribution in [0.5, 0.6) is 5.75 Å². The molecule has 1 aliphatic rings. The summed E-state index contributed by atoms with van der Waals surface area (Å²) in [5, 5.41) is 11.6. The zero-order chi connectivity index (χ0) is 16.7. The molecule has 1 atom stereocenters. The fraction of sp³-hybridized carbons (Fsp3) is 0.471. The second kappa shape index (κ2) is 8.18. The molecule has 0 bridgehead atoms. The van der Waals surface area contributed by atoms with Gasteiger partial charge >= 0.3 is 5.97 Å². The summed E-state index contributed by atoms with van der Waals surface area (Å²) in [5.74, 6) is -0.421. The van der Waals surface area contributed by atoms with Crippen molar-refractivity contribution in [3.63, 3.8) is 0 Å². The second-order valence-corrected chi connectivity index (χ2v) is 5.55. The fourth-order valence-corrected chi connectivity index (χ4v) is 2.45. The Hall–Kier alpha value is -2.55. The van der Waals surface area contributed by atoms with Crippen LogP contribution in [0, 0.1) is 11.3 Å². The number of amides is 1. The van der Waals surface area contributed by atoms with E-state index in [-0.39, 0.29) is 18.6 Å².